The van der Waals surface area contributed by atoms with E-state index in [0.717, 1.165) is 80.4 Å². The number of fused-ring (bicyclic) bond motifs is 8. The summed E-state index contributed by atoms with van der Waals surface area (Å²) in [6.07, 6.45) is 28.0. The summed E-state index contributed by atoms with van der Waals surface area (Å²) in [5, 5.41) is 2.20. The fourth-order valence-electron chi connectivity index (χ4n) is 15.8. The minimum absolute atomic E-state index is 0.139. The van der Waals surface area contributed by atoms with Gasteiger partial charge in [0, 0.05) is 56.6 Å². The lowest BCUT2D eigenvalue weighted by atomic mass is 9.65. The van der Waals surface area contributed by atoms with Crippen LogP contribution < -0.4 is 0 Å². The summed E-state index contributed by atoms with van der Waals surface area (Å²) in [7, 11) is 0. The molecular weight excluding hydrogens is 1150 g/mol. The van der Waals surface area contributed by atoms with Gasteiger partial charge in [0.1, 0.15) is 10.0 Å². The molecule has 2 aliphatic rings. The zero-order valence-corrected chi connectivity index (χ0v) is 57.7. The molecule has 4 unspecified atom stereocenters. The van der Waals surface area contributed by atoms with Crippen molar-refractivity contribution in [1.29, 1.82) is 0 Å². The van der Waals surface area contributed by atoms with Crippen LogP contribution in [0.2, 0.25) is 0 Å². The maximum Gasteiger partial charge on any atom is 0.124 e. The summed E-state index contributed by atoms with van der Waals surface area (Å²) in [4.78, 5) is 20.2. The molecule has 0 amide bonds. The molecule has 0 bridgehead atoms. The number of aromatic nitrogens is 4. The van der Waals surface area contributed by atoms with E-state index in [1.807, 2.05) is 47.2 Å². The molecule has 0 aliphatic heterocycles. The van der Waals surface area contributed by atoms with E-state index in [9.17, 15) is 0 Å². The van der Waals surface area contributed by atoms with Crippen molar-refractivity contribution in [1.82, 2.24) is 19.9 Å². The Labute approximate surface area is 558 Å². The molecule has 4 atom stereocenters. The van der Waals surface area contributed by atoms with Gasteiger partial charge in [-0.2, -0.15) is 0 Å². The average molecular weight is 1250 g/mol. The molecule has 6 heteroatoms. The first-order valence-electron chi connectivity index (χ1n) is 35.4. The van der Waals surface area contributed by atoms with Crippen LogP contribution >= 0.6 is 22.7 Å². The van der Waals surface area contributed by atoms with Gasteiger partial charge in [0.2, 0.25) is 0 Å². The SMILES string of the molecule is CCCCC(CC)CC1(CC(CC)CCCC)c2cc(C#Cc3ccnc(-c4cc(C#Cc5ccc6c(c5)C(CC(CC)CCCC)(CC(CC)CCCC)c5cc(-c7nc8ccccc8s7)ccc5-6)ccn4)c3)ccc2-c2ccc(-c3nc4ccccc4s3)cc21. The third-order valence-electron chi connectivity index (χ3n) is 21.0. The van der Waals surface area contributed by atoms with Gasteiger partial charge >= 0.3 is 0 Å². The quantitative estimate of drug-likeness (QED) is 0.0482. The monoisotopic (exact) mass is 1250 g/mol. The van der Waals surface area contributed by atoms with Gasteiger partial charge in [-0.05, 0) is 179 Å². The number of nitrogens with zero attached hydrogens (tertiary/aromatic N) is 4. The van der Waals surface area contributed by atoms with Crippen LogP contribution in [0.3, 0.4) is 0 Å². The Bertz CT molecular complexity index is 3950. The molecule has 4 aromatic heterocycles. The number of hydrogen-bond acceptors (Lipinski definition) is 6. The van der Waals surface area contributed by atoms with Gasteiger partial charge in [-0.3, -0.25) is 9.97 Å². The van der Waals surface area contributed by atoms with E-state index in [1.165, 1.54) is 168 Å². The van der Waals surface area contributed by atoms with Crippen molar-refractivity contribution in [3.05, 3.63) is 202 Å². The van der Waals surface area contributed by atoms with Gasteiger partial charge in [-0.1, -0.05) is 242 Å². The molecular formula is C86H94N4S2. The predicted molar refractivity (Wildman–Crippen MR) is 394 cm³/mol. The van der Waals surface area contributed by atoms with Crippen molar-refractivity contribution in [2.75, 3.05) is 0 Å². The Kier molecular flexibility index (Phi) is 20.8. The van der Waals surface area contributed by atoms with Crippen LogP contribution in [0.25, 0.3) is 75.2 Å². The van der Waals surface area contributed by atoms with Gasteiger partial charge < -0.3 is 0 Å². The van der Waals surface area contributed by atoms with Gasteiger partial charge in [-0.25, -0.2) is 9.97 Å². The average Bonchev–Trinajstić information content (AvgIpc) is 1.57. The van der Waals surface area contributed by atoms with Crippen molar-refractivity contribution in [2.24, 2.45) is 23.7 Å². The summed E-state index contributed by atoms with van der Waals surface area (Å²) in [6, 6.07) is 54.3. The molecule has 470 valence electrons. The third-order valence-corrected chi connectivity index (χ3v) is 23.2. The number of thiazole rings is 2. The lowest BCUT2D eigenvalue weighted by molar-refractivity contribution is 0.266. The van der Waals surface area contributed by atoms with Crippen molar-refractivity contribution in [2.45, 2.75) is 195 Å². The maximum absolute atomic E-state index is 5.20. The number of hydrogen-bond donors (Lipinski definition) is 0. The zero-order valence-electron chi connectivity index (χ0n) is 56.1. The summed E-state index contributed by atoms with van der Waals surface area (Å²) in [5.41, 5.74) is 21.2. The largest absolute Gasteiger partial charge is 0.255 e. The molecule has 6 aromatic carbocycles. The Hall–Kier alpha value is -7.48. The number of benzene rings is 6. The molecule has 0 radical (unpaired) electrons. The van der Waals surface area contributed by atoms with E-state index in [2.05, 4.69) is 213 Å². The third kappa shape index (κ3) is 13.6. The molecule has 0 saturated heterocycles. The van der Waals surface area contributed by atoms with Crippen LogP contribution in [0.1, 0.15) is 228 Å². The number of para-hydroxylation sites is 2. The second-order valence-corrected chi connectivity index (χ2v) is 29.1. The number of rotatable bonds is 27. The highest BCUT2D eigenvalue weighted by atomic mass is 32.1. The predicted octanol–water partition coefficient (Wildman–Crippen LogP) is 24.5. The minimum atomic E-state index is -0.139. The summed E-state index contributed by atoms with van der Waals surface area (Å²) in [5.74, 6) is 17.1. The summed E-state index contributed by atoms with van der Waals surface area (Å²) in [6.45, 7) is 19.1. The summed E-state index contributed by atoms with van der Waals surface area (Å²) < 4.78 is 2.47. The van der Waals surface area contributed by atoms with Gasteiger partial charge in [0.25, 0.3) is 0 Å². The van der Waals surface area contributed by atoms with Crippen molar-refractivity contribution >= 4 is 43.1 Å². The fraction of sp³-hybridized carbons (Fsp3) is 0.395. The van der Waals surface area contributed by atoms with Gasteiger partial charge in [0.15, 0.2) is 0 Å². The Morgan fingerprint density at radius 1 is 0.359 bits per heavy atom. The van der Waals surface area contributed by atoms with Crippen LogP contribution in [0, 0.1) is 47.4 Å². The van der Waals surface area contributed by atoms with Crippen molar-refractivity contribution in [3.63, 3.8) is 0 Å². The number of unbranched alkanes of at least 4 members (excludes halogenated alkanes) is 4. The molecule has 2 aliphatic carbocycles. The maximum atomic E-state index is 5.20. The fourth-order valence-corrected chi connectivity index (χ4v) is 17.7. The zero-order chi connectivity index (χ0) is 63.6. The summed E-state index contributed by atoms with van der Waals surface area (Å²) >= 11 is 3.62. The molecule has 0 fully saturated rings. The van der Waals surface area contributed by atoms with E-state index in [4.69, 9.17) is 19.9 Å². The highest BCUT2D eigenvalue weighted by Gasteiger charge is 2.47. The molecule has 0 N–H and O–H groups in total. The molecule has 10 aromatic rings. The lowest BCUT2D eigenvalue weighted by Gasteiger charge is -2.39. The normalized spacial score (nSPS) is 16.7. The topological polar surface area (TPSA) is 51.6 Å². The van der Waals surface area contributed by atoms with Crippen LogP contribution in [0.15, 0.2) is 158 Å². The minimum Gasteiger partial charge on any atom is -0.255 e. The van der Waals surface area contributed by atoms with Crippen LogP contribution in [-0.2, 0) is 10.8 Å². The van der Waals surface area contributed by atoms with E-state index in [1.54, 1.807) is 0 Å². The highest BCUT2D eigenvalue weighted by molar-refractivity contribution is 7.22. The molecule has 4 nitrogen and oxygen atoms in total. The highest BCUT2D eigenvalue weighted by Crippen LogP contribution is 2.59. The molecule has 4 heterocycles. The van der Waals surface area contributed by atoms with Gasteiger partial charge in [0.05, 0.1) is 31.8 Å². The Morgan fingerprint density at radius 2 is 0.685 bits per heavy atom. The standard InChI is InChI=1S/C86H94N4S2/c1-9-17-25-59(13-5)55-85(56-60(14-6)26-18-10-2)73-49-63(37-41-69(73)71-43-39-67(53-75(71)85)83-89-77-29-21-23-31-81(77)91-83)33-35-65-45-47-87-79(51-65)80-52-66(46-48-88-80)36-34-64-38-42-70-72-44-40-68(84-90-78-30-22-24-32-82(78)92-84)54-76(72)86(74(70)50-64,57-61(15-7)27-19-11-3)58-62(16-8)28-20-12-4/h21-24,29-32,37-54,59-62H,9-20,25-28,55-58H2,1-8H3. The first-order chi connectivity index (χ1) is 45.1. The number of pyridine rings is 2. The molecule has 92 heavy (non-hydrogen) atoms. The second-order valence-electron chi connectivity index (χ2n) is 27.0. The molecule has 0 spiro atoms. The van der Waals surface area contributed by atoms with E-state index in [0.29, 0.717) is 23.7 Å². The first kappa shape index (κ1) is 64.6. The van der Waals surface area contributed by atoms with Crippen LogP contribution in [0.5, 0.6) is 0 Å². The van der Waals surface area contributed by atoms with Crippen LogP contribution in [-0.4, -0.2) is 19.9 Å². The Balaban J connectivity index is 0.871. The van der Waals surface area contributed by atoms with Crippen LogP contribution in [0.4, 0.5) is 0 Å². The van der Waals surface area contributed by atoms with E-state index < -0.39 is 0 Å². The molecule has 12 rings (SSSR count). The van der Waals surface area contributed by atoms with Gasteiger partial charge in [-0.15, -0.1) is 22.7 Å². The van der Waals surface area contributed by atoms with Crippen molar-refractivity contribution < 1.29 is 0 Å². The lowest BCUT2D eigenvalue weighted by Crippen LogP contribution is -2.31. The Morgan fingerprint density at radius 3 is 1.02 bits per heavy atom. The van der Waals surface area contributed by atoms with Crippen molar-refractivity contribution in [3.8, 4) is 78.5 Å². The second kappa shape index (κ2) is 29.6. The molecule has 0 saturated carbocycles. The van der Waals surface area contributed by atoms with E-state index >= 15 is 0 Å². The van der Waals surface area contributed by atoms with E-state index in [-0.39, 0.29) is 10.8 Å². The smallest absolute Gasteiger partial charge is 0.124 e. The first-order valence-corrected chi connectivity index (χ1v) is 37.0.